The topological polar surface area (TPSA) is 56.5 Å². The maximum absolute atomic E-state index is 10.6. The van der Waals surface area contributed by atoms with Crippen LogP contribution in [0.1, 0.15) is 12.7 Å². The highest BCUT2D eigenvalue weighted by molar-refractivity contribution is 5.65. The summed E-state index contributed by atoms with van der Waals surface area (Å²) in [4.78, 5) is 10.6. The van der Waals surface area contributed by atoms with Crippen molar-refractivity contribution in [2.24, 2.45) is 0 Å². The lowest BCUT2D eigenvalue weighted by Gasteiger charge is -1.99. The van der Waals surface area contributed by atoms with Gasteiger partial charge < -0.3 is 4.74 Å². The predicted molar refractivity (Wildman–Crippen MR) is 48.5 cm³/mol. The lowest BCUT2D eigenvalue weighted by atomic mass is 10.5. The van der Waals surface area contributed by atoms with E-state index in [1.807, 2.05) is 24.4 Å². The molecule has 0 aromatic carbocycles. The highest BCUT2D eigenvalue weighted by Crippen LogP contribution is 2.03. The normalized spacial score (nSPS) is 10.4. The Labute approximate surface area is 80.3 Å². The molecular weight excluding hydrogens is 182 g/mol. The molecule has 2 aromatic heterocycles. The molecule has 0 atom stereocenters. The van der Waals surface area contributed by atoms with Crippen LogP contribution in [-0.4, -0.2) is 20.6 Å². The number of carbonyl (C=O) groups excluding carboxylic acids is 1. The van der Waals surface area contributed by atoms with Crippen molar-refractivity contribution in [2.75, 3.05) is 0 Å². The maximum atomic E-state index is 10.6. The number of hydrogen-bond acceptors (Lipinski definition) is 4. The minimum absolute atomic E-state index is 0.153. The second-order valence-electron chi connectivity index (χ2n) is 2.83. The monoisotopic (exact) mass is 191 g/mol. The second-order valence-corrected chi connectivity index (χ2v) is 2.83. The van der Waals surface area contributed by atoms with E-state index in [4.69, 9.17) is 4.74 Å². The summed E-state index contributed by atoms with van der Waals surface area (Å²) in [6.45, 7) is 1.52. The molecule has 0 spiro atoms. The summed E-state index contributed by atoms with van der Waals surface area (Å²) in [7, 11) is 0. The molecule has 0 aliphatic rings. The van der Waals surface area contributed by atoms with Crippen molar-refractivity contribution in [3.63, 3.8) is 0 Å². The van der Waals surface area contributed by atoms with Crippen molar-refractivity contribution < 1.29 is 9.53 Å². The molecule has 5 heteroatoms. The van der Waals surface area contributed by atoms with Crippen molar-refractivity contribution in [1.29, 1.82) is 0 Å². The van der Waals surface area contributed by atoms with Crippen LogP contribution in [-0.2, 0) is 16.1 Å². The number of hydrogen-bond donors (Lipinski definition) is 0. The molecule has 0 aliphatic heterocycles. The van der Waals surface area contributed by atoms with Gasteiger partial charge in [-0.05, 0) is 12.1 Å². The van der Waals surface area contributed by atoms with Crippen molar-refractivity contribution in [3.8, 4) is 0 Å². The van der Waals surface area contributed by atoms with Crippen molar-refractivity contribution in [1.82, 2.24) is 14.6 Å². The third kappa shape index (κ3) is 1.56. The van der Waals surface area contributed by atoms with E-state index in [-0.39, 0.29) is 12.6 Å². The minimum atomic E-state index is -0.322. The fourth-order valence-corrected chi connectivity index (χ4v) is 1.16. The zero-order chi connectivity index (χ0) is 9.97. The molecular formula is C9H9N3O2. The van der Waals surface area contributed by atoms with Crippen LogP contribution in [0.5, 0.6) is 0 Å². The molecule has 5 nitrogen and oxygen atoms in total. The van der Waals surface area contributed by atoms with Crippen LogP contribution in [0.15, 0.2) is 24.4 Å². The first-order chi connectivity index (χ1) is 6.77. The molecule has 0 saturated heterocycles. The predicted octanol–water partition coefficient (Wildman–Crippen LogP) is 0.792. The van der Waals surface area contributed by atoms with Gasteiger partial charge in [-0.25, -0.2) is 0 Å². The van der Waals surface area contributed by atoms with E-state index in [0.29, 0.717) is 5.82 Å². The number of pyridine rings is 1. The molecule has 0 radical (unpaired) electrons. The Balaban J connectivity index is 2.29. The Morgan fingerprint density at radius 3 is 3.14 bits per heavy atom. The zero-order valence-corrected chi connectivity index (χ0v) is 7.67. The average Bonchev–Trinajstić information content (AvgIpc) is 2.58. The quantitative estimate of drug-likeness (QED) is 0.658. The highest BCUT2D eigenvalue weighted by Gasteiger charge is 2.05. The van der Waals surface area contributed by atoms with E-state index < -0.39 is 0 Å². The van der Waals surface area contributed by atoms with Crippen LogP contribution in [0, 0.1) is 0 Å². The fourth-order valence-electron chi connectivity index (χ4n) is 1.16. The largest absolute Gasteiger partial charge is 0.458 e. The number of carbonyl (C=O) groups is 1. The zero-order valence-electron chi connectivity index (χ0n) is 7.67. The standard InChI is InChI=1S/C9H9N3O2/c1-7(13)14-6-9-11-10-8-4-2-3-5-12(8)9/h2-5H,6H2,1H3. The van der Waals surface area contributed by atoms with E-state index >= 15 is 0 Å². The van der Waals surface area contributed by atoms with Crippen LogP contribution in [0.25, 0.3) is 5.65 Å². The van der Waals surface area contributed by atoms with E-state index in [1.165, 1.54) is 6.92 Å². The van der Waals surface area contributed by atoms with Gasteiger partial charge in [0.25, 0.3) is 0 Å². The van der Waals surface area contributed by atoms with Gasteiger partial charge in [0.15, 0.2) is 18.1 Å². The summed E-state index contributed by atoms with van der Waals surface area (Å²) in [6.07, 6.45) is 1.83. The van der Waals surface area contributed by atoms with Gasteiger partial charge in [0.2, 0.25) is 0 Å². The lowest BCUT2D eigenvalue weighted by molar-refractivity contribution is -0.142. The van der Waals surface area contributed by atoms with Gasteiger partial charge in [-0.2, -0.15) is 0 Å². The van der Waals surface area contributed by atoms with Gasteiger partial charge >= 0.3 is 5.97 Å². The molecule has 14 heavy (non-hydrogen) atoms. The molecule has 2 rings (SSSR count). The first kappa shape index (κ1) is 8.68. The summed E-state index contributed by atoms with van der Waals surface area (Å²) in [6, 6.07) is 5.58. The molecule has 0 aliphatic carbocycles. The van der Waals surface area contributed by atoms with Crippen molar-refractivity contribution >= 4 is 11.6 Å². The van der Waals surface area contributed by atoms with Crippen LogP contribution < -0.4 is 0 Å². The summed E-state index contributed by atoms with van der Waals surface area (Å²) < 4.78 is 6.61. The minimum Gasteiger partial charge on any atom is -0.458 e. The molecule has 0 unspecified atom stereocenters. The van der Waals surface area contributed by atoms with Crippen molar-refractivity contribution in [3.05, 3.63) is 30.2 Å². The van der Waals surface area contributed by atoms with E-state index in [9.17, 15) is 4.79 Å². The lowest BCUT2D eigenvalue weighted by Crippen LogP contribution is -2.02. The molecule has 72 valence electrons. The van der Waals surface area contributed by atoms with E-state index in [2.05, 4.69) is 10.2 Å². The maximum Gasteiger partial charge on any atom is 0.303 e. The molecule has 2 heterocycles. The summed E-state index contributed by atoms with van der Waals surface area (Å²) >= 11 is 0. The number of rotatable bonds is 2. The Morgan fingerprint density at radius 1 is 1.50 bits per heavy atom. The molecule has 0 bridgehead atoms. The third-order valence-electron chi connectivity index (χ3n) is 1.79. The van der Waals surface area contributed by atoms with Crippen LogP contribution in [0.3, 0.4) is 0 Å². The Kier molecular flexibility index (Phi) is 2.14. The molecule has 0 amide bonds. The van der Waals surface area contributed by atoms with Crippen LogP contribution >= 0.6 is 0 Å². The van der Waals surface area contributed by atoms with E-state index in [0.717, 1.165) is 5.65 Å². The second kappa shape index (κ2) is 3.45. The molecule has 2 aromatic rings. The Morgan fingerprint density at radius 2 is 2.36 bits per heavy atom. The Hall–Kier alpha value is -1.91. The third-order valence-corrected chi connectivity index (χ3v) is 1.79. The number of fused-ring (bicyclic) bond motifs is 1. The number of ether oxygens (including phenoxy) is 1. The average molecular weight is 191 g/mol. The van der Waals surface area contributed by atoms with Crippen LogP contribution in [0.2, 0.25) is 0 Å². The number of esters is 1. The van der Waals surface area contributed by atoms with Gasteiger partial charge in [-0.1, -0.05) is 6.07 Å². The smallest absolute Gasteiger partial charge is 0.303 e. The summed E-state index contributed by atoms with van der Waals surface area (Å²) in [5.41, 5.74) is 0.745. The highest BCUT2D eigenvalue weighted by atomic mass is 16.5. The summed E-state index contributed by atoms with van der Waals surface area (Å²) in [5, 5.41) is 7.82. The van der Waals surface area contributed by atoms with Gasteiger partial charge in [-0.3, -0.25) is 9.20 Å². The van der Waals surface area contributed by atoms with Crippen molar-refractivity contribution in [2.45, 2.75) is 13.5 Å². The molecule has 0 N–H and O–H groups in total. The van der Waals surface area contributed by atoms with Crippen LogP contribution in [0.4, 0.5) is 0 Å². The van der Waals surface area contributed by atoms with Gasteiger partial charge in [-0.15, -0.1) is 10.2 Å². The number of aromatic nitrogens is 3. The summed E-state index contributed by atoms with van der Waals surface area (Å²) in [5.74, 6) is 0.300. The Bertz CT molecular complexity index is 464. The molecule has 0 fully saturated rings. The first-order valence-electron chi connectivity index (χ1n) is 4.19. The van der Waals surface area contributed by atoms with Gasteiger partial charge in [0.1, 0.15) is 0 Å². The van der Waals surface area contributed by atoms with Gasteiger partial charge in [0, 0.05) is 13.1 Å². The SMILES string of the molecule is CC(=O)OCc1nnc2ccccn12. The first-order valence-corrected chi connectivity index (χ1v) is 4.19. The fraction of sp³-hybridized carbons (Fsp3) is 0.222. The van der Waals surface area contributed by atoms with Gasteiger partial charge in [0.05, 0.1) is 0 Å². The van der Waals surface area contributed by atoms with E-state index in [1.54, 1.807) is 4.40 Å². The molecule has 0 saturated carbocycles. The number of nitrogens with zero attached hydrogens (tertiary/aromatic N) is 3.